The van der Waals surface area contributed by atoms with Gasteiger partial charge in [0.15, 0.2) is 0 Å². The Kier molecular flexibility index (Phi) is 5.04. The molecule has 0 aliphatic heterocycles. The first-order valence-electron chi connectivity index (χ1n) is 10.2. The normalized spacial score (nSPS) is 11.8. The highest BCUT2D eigenvalue weighted by Gasteiger charge is 2.22. The number of rotatable bonds is 6. The van der Waals surface area contributed by atoms with Gasteiger partial charge >= 0.3 is 0 Å². The van der Waals surface area contributed by atoms with Gasteiger partial charge in [-0.3, -0.25) is 0 Å². The maximum absolute atomic E-state index is 8.77. The molecule has 2 nitrogen and oxygen atoms in total. The summed E-state index contributed by atoms with van der Waals surface area (Å²) in [6, 6.07) is 21.9. The summed E-state index contributed by atoms with van der Waals surface area (Å²) in [5.41, 5.74) is 10.9. The first kappa shape index (κ1) is 18.5. The van der Waals surface area contributed by atoms with Crippen LogP contribution in [0.2, 0.25) is 0 Å². The number of hydrogen-bond donors (Lipinski definition) is 1. The molecule has 2 heteroatoms. The van der Waals surface area contributed by atoms with E-state index in [1.54, 1.807) is 0 Å². The van der Waals surface area contributed by atoms with E-state index in [1.165, 1.54) is 33.4 Å². The van der Waals surface area contributed by atoms with E-state index in [1.807, 2.05) is 0 Å². The molecular formula is C26H28N2. The molecule has 0 spiro atoms. The molecule has 0 heterocycles. The molecule has 1 N–H and O–H groups in total. The van der Waals surface area contributed by atoms with E-state index in [9.17, 15) is 0 Å². The van der Waals surface area contributed by atoms with Crippen molar-refractivity contribution in [3.05, 3.63) is 77.4 Å². The SMILES string of the molecule is CCCCC(=N)c1cc(N(C)C)ccc1-c1cccc2c1Cc1ccccc1-2. The number of anilines is 1. The third-order valence-corrected chi connectivity index (χ3v) is 5.77. The van der Waals surface area contributed by atoms with Crippen LogP contribution in [0.15, 0.2) is 60.7 Å². The molecule has 0 bridgehead atoms. The summed E-state index contributed by atoms with van der Waals surface area (Å²) in [6.07, 6.45) is 3.97. The van der Waals surface area contributed by atoms with Crippen molar-refractivity contribution in [2.45, 2.75) is 32.6 Å². The highest BCUT2D eigenvalue weighted by Crippen LogP contribution is 2.42. The van der Waals surface area contributed by atoms with Crippen LogP contribution in [0.5, 0.6) is 0 Å². The van der Waals surface area contributed by atoms with Gasteiger partial charge in [0.25, 0.3) is 0 Å². The Morgan fingerprint density at radius 1 is 0.893 bits per heavy atom. The van der Waals surface area contributed by atoms with Gasteiger partial charge in [0.05, 0.1) is 0 Å². The summed E-state index contributed by atoms with van der Waals surface area (Å²) in [4.78, 5) is 2.12. The molecule has 3 aromatic carbocycles. The second-order valence-corrected chi connectivity index (χ2v) is 7.87. The van der Waals surface area contributed by atoms with Crippen molar-refractivity contribution < 1.29 is 0 Å². The van der Waals surface area contributed by atoms with Crippen LogP contribution >= 0.6 is 0 Å². The fourth-order valence-electron chi connectivity index (χ4n) is 4.19. The topological polar surface area (TPSA) is 27.1 Å². The molecule has 0 amide bonds. The summed E-state index contributed by atoms with van der Waals surface area (Å²) in [5, 5.41) is 8.77. The van der Waals surface area contributed by atoms with Crippen molar-refractivity contribution in [3.8, 4) is 22.3 Å². The van der Waals surface area contributed by atoms with Gasteiger partial charge < -0.3 is 10.3 Å². The van der Waals surface area contributed by atoms with Crippen LogP contribution in [0, 0.1) is 5.41 Å². The van der Waals surface area contributed by atoms with Crippen molar-refractivity contribution in [2.75, 3.05) is 19.0 Å². The molecule has 1 aliphatic rings. The minimum absolute atomic E-state index is 0.744. The molecule has 0 saturated carbocycles. The van der Waals surface area contributed by atoms with Crippen molar-refractivity contribution in [1.29, 1.82) is 5.41 Å². The van der Waals surface area contributed by atoms with Gasteiger partial charge in [-0.05, 0) is 64.8 Å². The van der Waals surface area contributed by atoms with E-state index in [-0.39, 0.29) is 0 Å². The minimum atomic E-state index is 0.744. The summed E-state index contributed by atoms with van der Waals surface area (Å²) >= 11 is 0. The highest BCUT2D eigenvalue weighted by molar-refractivity contribution is 6.05. The van der Waals surface area contributed by atoms with Gasteiger partial charge in [-0.15, -0.1) is 0 Å². The second-order valence-electron chi connectivity index (χ2n) is 7.87. The number of unbranched alkanes of at least 4 members (excludes halogenated alkanes) is 1. The number of nitrogens with one attached hydrogen (secondary N) is 1. The highest BCUT2D eigenvalue weighted by atomic mass is 15.1. The van der Waals surface area contributed by atoms with E-state index in [4.69, 9.17) is 5.41 Å². The molecule has 0 aromatic heterocycles. The van der Waals surface area contributed by atoms with E-state index < -0.39 is 0 Å². The van der Waals surface area contributed by atoms with Gasteiger partial charge in [-0.1, -0.05) is 61.9 Å². The van der Waals surface area contributed by atoms with Crippen LogP contribution in [0.4, 0.5) is 5.69 Å². The Morgan fingerprint density at radius 2 is 1.61 bits per heavy atom. The smallest absolute Gasteiger partial charge is 0.0393 e. The first-order chi connectivity index (χ1) is 13.6. The van der Waals surface area contributed by atoms with E-state index >= 15 is 0 Å². The average Bonchev–Trinajstić information content (AvgIpc) is 3.10. The largest absolute Gasteiger partial charge is 0.378 e. The number of benzene rings is 3. The van der Waals surface area contributed by atoms with Crippen LogP contribution in [0.1, 0.15) is 42.9 Å². The molecule has 3 aromatic rings. The summed E-state index contributed by atoms with van der Waals surface area (Å²) < 4.78 is 0. The Labute approximate surface area is 168 Å². The van der Waals surface area contributed by atoms with Gasteiger partial charge in [-0.2, -0.15) is 0 Å². The summed E-state index contributed by atoms with van der Waals surface area (Å²) in [6.45, 7) is 2.19. The zero-order valence-corrected chi connectivity index (χ0v) is 17.0. The monoisotopic (exact) mass is 368 g/mol. The van der Waals surface area contributed by atoms with Crippen LogP contribution < -0.4 is 4.90 Å². The Bertz CT molecular complexity index is 1030. The molecule has 28 heavy (non-hydrogen) atoms. The van der Waals surface area contributed by atoms with Gasteiger partial charge in [-0.25, -0.2) is 0 Å². The lowest BCUT2D eigenvalue weighted by Gasteiger charge is -2.19. The predicted molar refractivity (Wildman–Crippen MR) is 121 cm³/mol. The quantitative estimate of drug-likeness (QED) is 0.384. The van der Waals surface area contributed by atoms with E-state index in [0.717, 1.165) is 42.6 Å². The number of nitrogens with zero attached hydrogens (tertiary/aromatic N) is 1. The third kappa shape index (κ3) is 3.24. The molecule has 0 fully saturated rings. The first-order valence-corrected chi connectivity index (χ1v) is 10.2. The van der Waals surface area contributed by atoms with Gasteiger partial charge in [0, 0.05) is 31.1 Å². The van der Waals surface area contributed by atoms with Crippen LogP contribution in [-0.2, 0) is 6.42 Å². The van der Waals surface area contributed by atoms with Crippen LogP contribution in [-0.4, -0.2) is 19.8 Å². The molecule has 142 valence electrons. The van der Waals surface area contributed by atoms with Crippen molar-refractivity contribution >= 4 is 11.4 Å². The minimum Gasteiger partial charge on any atom is -0.378 e. The van der Waals surface area contributed by atoms with Crippen LogP contribution in [0.25, 0.3) is 22.3 Å². The number of fused-ring (bicyclic) bond motifs is 3. The number of hydrogen-bond acceptors (Lipinski definition) is 2. The molecule has 0 unspecified atom stereocenters. The molecule has 0 saturated heterocycles. The van der Waals surface area contributed by atoms with Gasteiger partial charge in [0.2, 0.25) is 0 Å². The Hall–Kier alpha value is -2.87. The fourth-order valence-corrected chi connectivity index (χ4v) is 4.19. The molecule has 1 aliphatic carbocycles. The summed E-state index contributed by atoms with van der Waals surface area (Å²) in [5.74, 6) is 0. The summed E-state index contributed by atoms with van der Waals surface area (Å²) in [7, 11) is 4.12. The van der Waals surface area contributed by atoms with E-state index in [0.29, 0.717) is 0 Å². The fraction of sp³-hybridized carbons (Fsp3) is 0.269. The van der Waals surface area contributed by atoms with Crippen molar-refractivity contribution in [3.63, 3.8) is 0 Å². The van der Waals surface area contributed by atoms with Crippen LogP contribution in [0.3, 0.4) is 0 Å². The maximum atomic E-state index is 8.77. The Morgan fingerprint density at radius 3 is 2.36 bits per heavy atom. The lowest BCUT2D eigenvalue weighted by atomic mass is 9.89. The molecule has 4 rings (SSSR count). The standard InChI is InChI=1S/C26H28N2/c1-4-5-13-26(27)25-17-19(28(2)3)14-15-23(25)22-12-8-11-21-20-10-7-6-9-18(20)16-24(21)22/h6-12,14-15,17,27H,4-5,13,16H2,1-3H3. The van der Waals surface area contributed by atoms with Gasteiger partial charge in [0.1, 0.15) is 0 Å². The van der Waals surface area contributed by atoms with E-state index in [2.05, 4.69) is 86.6 Å². The average molecular weight is 369 g/mol. The Balaban J connectivity index is 1.85. The van der Waals surface area contributed by atoms with Crippen molar-refractivity contribution in [1.82, 2.24) is 0 Å². The predicted octanol–water partition coefficient (Wildman–Crippen LogP) is 6.55. The maximum Gasteiger partial charge on any atom is 0.0393 e. The van der Waals surface area contributed by atoms with Crippen molar-refractivity contribution in [2.24, 2.45) is 0 Å². The zero-order valence-electron chi connectivity index (χ0n) is 17.0. The second kappa shape index (κ2) is 7.63. The molecule has 0 radical (unpaired) electrons. The molecule has 0 atom stereocenters. The molecular weight excluding hydrogens is 340 g/mol. The third-order valence-electron chi connectivity index (χ3n) is 5.77. The lowest BCUT2D eigenvalue weighted by Crippen LogP contribution is -2.11. The lowest BCUT2D eigenvalue weighted by molar-refractivity contribution is 0.833. The zero-order chi connectivity index (χ0) is 19.7.